The highest BCUT2D eigenvalue weighted by Gasteiger charge is 2.38. The molecule has 0 saturated heterocycles. The average molecular weight is 783 g/mol. The number of fused-ring (bicyclic) bond motifs is 5. The van der Waals surface area contributed by atoms with Gasteiger partial charge in [0, 0.05) is 38.8 Å². The van der Waals surface area contributed by atoms with Crippen LogP contribution in [-0.4, -0.2) is 29.9 Å². The quantitative estimate of drug-likeness (QED) is 0.160. The number of benzene rings is 8. The molecule has 8 aromatic carbocycles. The number of hydrogen-bond donors (Lipinski definition) is 0. The third kappa shape index (κ3) is 6.46. The normalized spacial score (nSPS) is 12.6. The lowest BCUT2D eigenvalue weighted by Crippen LogP contribution is -2.14. The standard InChI is InChI=1S/C55H38N6/c1-55(2)45-30-16-29-44(48(45)47-43-28-13-12-17-35(43)31-32-46(47)55)54-60-51(38-22-10-5-11-23-38)59-53(61-54)42-27-15-25-40(34-42)39-24-14-26-41(33-39)52-57-49(36-18-6-3-7-19-36)56-50(58-52)37-20-8-4-9-21-37/h3-34H,1-2H3. The van der Waals surface area contributed by atoms with Crippen molar-refractivity contribution in [3.8, 4) is 90.6 Å². The van der Waals surface area contributed by atoms with E-state index in [1.165, 1.54) is 33.0 Å². The molecule has 6 heteroatoms. The van der Waals surface area contributed by atoms with Gasteiger partial charge in [0.25, 0.3) is 0 Å². The maximum atomic E-state index is 5.31. The highest BCUT2D eigenvalue weighted by Crippen LogP contribution is 2.54. The summed E-state index contributed by atoms with van der Waals surface area (Å²) in [6.45, 7) is 4.63. The predicted molar refractivity (Wildman–Crippen MR) is 246 cm³/mol. The summed E-state index contributed by atoms with van der Waals surface area (Å²) >= 11 is 0. The van der Waals surface area contributed by atoms with E-state index in [-0.39, 0.29) is 5.41 Å². The Kier molecular flexibility index (Phi) is 8.71. The SMILES string of the molecule is CC1(C)c2cccc(-c3nc(-c4ccccc4)nc(-c4cccc(-c5cccc(-c6nc(-c7ccccc7)nc(-c7ccccc7)n6)c5)c4)n3)c2-c2c1ccc1ccccc21. The highest BCUT2D eigenvalue weighted by molar-refractivity contribution is 6.06. The van der Waals surface area contributed by atoms with Crippen molar-refractivity contribution in [2.75, 3.05) is 0 Å². The van der Waals surface area contributed by atoms with Gasteiger partial charge in [0.15, 0.2) is 34.9 Å². The molecule has 0 spiro atoms. The minimum absolute atomic E-state index is 0.195. The summed E-state index contributed by atoms with van der Waals surface area (Å²) in [6.07, 6.45) is 0. The Balaban J connectivity index is 1.04. The second kappa shape index (κ2) is 14.7. The smallest absolute Gasteiger partial charge is 0.164 e. The molecule has 0 radical (unpaired) electrons. The molecule has 2 heterocycles. The Morgan fingerprint density at radius 3 is 1.21 bits per heavy atom. The first-order valence-electron chi connectivity index (χ1n) is 20.5. The van der Waals surface area contributed by atoms with Crippen molar-refractivity contribution >= 4 is 10.8 Å². The molecule has 0 N–H and O–H groups in total. The van der Waals surface area contributed by atoms with Crippen LogP contribution in [0.3, 0.4) is 0 Å². The molecule has 61 heavy (non-hydrogen) atoms. The van der Waals surface area contributed by atoms with Crippen LogP contribution >= 0.6 is 0 Å². The van der Waals surface area contributed by atoms with Gasteiger partial charge in [-0.2, -0.15) is 0 Å². The predicted octanol–water partition coefficient (Wildman–Crippen LogP) is 13.2. The Morgan fingerprint density at radius 1 is 0.295 bits per heavy atom. The van der Waals surface area contributed by atoms with Crippen LogP contribution in [0.15, 0.2) is 194 Å². The van der Waals surface area contributed by atoms with Crippen molar-refractivity contribution in [3.63, 3.8) is 0 Å². The maximum Gasteiger partial charge on any atom is 0.164 e. The molecule has 0 aliphatic heterocycles. The lowest BCUT2D eigenvalue weighted by Gasteiger charge is -2.21. The van der Waals surface area contributed by atoms with Crippen molar-refractivity contribution in [3.05, 3.63) is 205 Å². The van der Waals surface area contributed by atoms with E-state index in [4.69, 9.17) is 29.9 Å². The van der Waals surface area contributed by atoms with E-state index >= 15 is 0 Å². The van der Waals surface area contributed by atoms with E-state index < -0.39 is 0 Å². The van der Waals surface area contributed by atoms with Crippen molar-refractivity contribution in [2.24, 2.45) is 0 Å². The second-order valence-corrected chi connectivity index (χ2v) is 15.9. The molecular weight excluding hydrogens is 745 g/mol. The first kappa shape index (κ1) is 36.1. The van der Waals surface area contributed by atoms with Gasteiger partial charge in [0.1, 0.15) is 0 Å². The van der Waals surface area contributed by atoms with Gasteiger partial charge < -0.3 is 0 Å². The monoisotopic (exact) mass is 782 g/mol. The fourth-order valence-electron chi connectivity index (χ4n) is 8.69. The summed E-state index contributed by atoms with van der Waals surface area (Å²) in [5, 5.41) is 2.45. The Morgan fingerprint density at radius 2 is 0.689 bits per heavy atom. The molecular formula is C55H38N6. The van der Waals surface area contributed by atoms with Crippen LogP contribution in [0.1, 0.15) is 25.0 Å². The lowest BCUT2D eigenvalue weighted by molar-refractivity contribution is 0.661. The Bertz CT molecular complexity index is 3210. The van der Waals surface area contributed by atoms with Crippen molar-refractivity contribution in [1.29, 1.82) is 0 Å². The molecule has 288 valence electrons. The Hall–Kier alpha value is -7.96. The highest BCUT2D eigenvalue weighted by atomic mass is 15.0. The van der Waals surface area contributed by atoms with Crippen LogP contribution in [0.5, 0.6) is 0 Å². The number of aromatic nitrogens is 6. The van der Waals surface area contributed by atoms with Gasteiger partial charge in [-0.05, 0) is 56.3 Å². The fourth-order valence-corrected chi connectivity index (χ4v) is 8.69. The summed E-state index contributed by atoms with van der Waals surface area (Å²) < 4.78 is 0. The van der Waals surface area contributed by atoms with Gasteiger partial charge in [-0.15, -0.1) is 0 Å². The lowest BCUT2D eigenvalue weighted by atomic mass is 9.82. The summed E-state index contributed by atoms with van der Waals surface area (Å²) in [4.78, 5) is 30.5. The molecule has 11 rings (SSSR count). The maximum absolute atomic E-state index is 5.31. The average Bonchev–Trinajstić information content (AvgIpc) is 3.58. The minimum Gasteiger partial charge on any atom is -0.208 e. The topological polar surface area (TPSA) is 77.3 Å². The second-order valence-electron chi connectivity index (χ2n) is 15.9. The van der Waals surface area contributed by atoms with E-state index in [1.54, 1.807) is 0 Å². The van der Waals surface area contributed by atoms with E-state index in [9.17, 15) is 0 Å². The van der Waals surface area contributed by atoms with Crippen LogP contribution in [0.25, 0.3) is 101 Å². The third-order valence-electron chi connectivity index (χ3n) is 11.8. The third-order valence-corrected chi connectivity index (χ3v) is 11.8. The van der Waals surface area contributed by atoms with Gasteiger partial charge in [0.2, 0.25) is 0 Å². The molecule has 2 aromatic heterocycles. The van der Waals surface area contributed by atoms with Crippen molar-refractivity contribution in [2.45, 2.75) is 19.3 Å². The van der Waals surface area contributed by atoms with Gasteiger partial charge in [-0.25, -0.2) is 29.9 Å². The van der Waals surface area contributed by atoms with Crippen molar-refractivity contribution < 1.29 is 0 Å². The summed E-state index contributed by atoms with van der Waals surface area (Å²) in [7, 11) is 0. The van der Waals surface area contributed by atoms with Gasteiger partial charge in [-0.1, -0.05) is 196 Å². The first-order valence-corrected chi connectivity index (χ1v) is 20.5. The number of nitrogens with zero attached hydrogens (tertiary/aromatic N) is 6. The number of hydrogen-bond acceptors (Lipinski definition) is 6. The zero-order valence-electron chi connectivity index (χ0n) is 33.7. The van der Waals surface area contributed by atoms with Crippen LogP contribution in [0, 0.1) is 0 Å². The zero-order valence-corrected chi connectivity index (χ0v) is 33.7. The molecule has 6 nitrogen and oxygen atoms in total. The van der Waals surface area contributed by atoms with Gasteiger partial charge in [0.05, 0.1) is 0 Å². The minimum atomic E-state index is -0.195. The largest absolute Gasteiger partial charge is 0.208 e. The molecule has 10 aromatic rings. The summed E-state index contributed by atoms with van der Waals surface area (Å²) in [5.41, 5.74) is 12.4. The fraction of sp³-hybridized carbons (Fsp3) is 0.0545. The molecule has 0 saturated carbocycles. The molecule has 0 amide bonds. The molecule has 1 aliphatic carbocycles. The molecule has 0 unspecified atom stereocenters. The van der Waals surface area contributed by atoms with Crippen molar-refractivity contribution in [1.82, 2.24) is 29.9 Å². The zero-order chi connectivity index (χ0) is 40.9. The molecule has 0 fully saturated rings. The van der Waals surface area contributed by atoms with Crippen LogP contribution in [0.2, 0.25) is 0 Å². The number of rotatable bonds is 7. The molecule has 0 bridgehead atoms. The molecule has 1 aliphatic rings. The van der Waals surface area contributed by atoms with E-state index in [0.29, 0.717) is 34.9 Å². The Labute approximate surface area is 354 Å². The van der Waals surface area contributed by atoms with Crippen LogP contribution in [0.4, 0.5) is 0 Å². The summed E-state index contributed by atoms with van der Waals surface area (Å²) in [5.74, 6) is 3.73. The van der Waals surface area contributed by atoms with E-state index in [0.717, 1.165) is 44.5 Å². The summed E-state index contributed by atoms with van der Waals surface area (Å²) in [6, 6.07) is 66.8. The first-order chi connectivity index (χ1) is 30.0. The van der Waals surface area contributed by atoms with E-state index in [1.807, 2.05) is 78.9 Å². The molecule has 0 atom stereocenters. The van der Waals surface area contributed by atoms with Crippen LogP contribution in [-0.2, 0) is 5.41 Å². The van der Waals surface area contributed by atoms with Gasteiger partial charge >= 0.3 is 0 Å². The van der Waals surface area contributed by atoms with Gasteiger partial charge in [-0.3, -0.25) is 0 Å². The van der Waals surface area contributed by atoms with E-state index in [2.05, 4.69) is 129 Å². The van der Waals surface area contributed by atoms with Crippen LogP contribution < -0.4 is 0 Å².